The lowest BCUT2D eigenvalue weighted by atomic mass is 10.1. The number of para-hydroxylation sites is 1. The fraction of sp³-hybridized carbons (Fsp3) is 0.444. The molecule has 3 rings (SSSR count). The highest BCUT2D eigenvalue weighted by molar-refractivity contribution is 5.81. The van der Waals surface area contributed by atoms with Crippen LogP contribution in [0.1, 0.15) is 31.9 Å². The molecule has 5 heteroatoms. The molecular formula is C18H23N3O2. The van der Waals surface area contributed by atoms with Gasteiger partial charge in [-0.1, -0.05) is 32.0 Å². The highest BCUT2D eigenvalue weighted by atomic mass is 16.5. The molecule has 122 valence electrons. The fourth-order valence-electron chi connectivity index (χ4n) is 2.93. The van der Waals surface area contributed by atoms with Crippen LogP contribution in [0.15, 0.2) is 42.7 Å². The lowest BCUT2D eigenvalue weighted by molar-refractivity contribution is -0.144. The number of ether oxygens (including phenoxy) is 1. The summed E-state index contributed by atoms with van der Waals surface area (Å²) in [5, 5.41) is 4.20. The number of nitrogens with zero attached hydrogens (tertiary/aromatic N) is 3. The SMILES string of the molecule is CCc1ccccc1OC1CN(C(=O)[C@H](CC)n2cccn2)C1. The standard InChI is InChI=1S/C18H23N3O2/c1-3-14-8-5-6-9-17(14)23-15-12-20(13-15)18(22)16(4-2)21-11-7-10-19-21/h5-11,15-16H,3-4,12-13H2,1-2H3/t16-/m0/s1. The average Bonchev–Trinajstić information content (AvgIpc) is 3.05. The van der Waals surface area contributed by atoms with Crippen molar-refractivity contribution in [2.45, 2.75) is 38.8 Å². The van der Waals surface area contributed by atoms with Gasteiger partial charge in [0.05, 0.1) is 13.1 Å². The Morgan fingerprint density at radius 3 is 2.74 bits per heavy atom. The summed E-state index contributed by atoms with van der Waals surface area (Å²) >= 11 is 0. The van der Waals surface area contributed by atoms with Gasteiger partial charge in [0.2, 0.25) is 5.91 Å². The molecule has 0 unspecified atom stereocenters. The minimum absolute atomic E-state index is 0.0850. The molecule has 1 aromatic carbocycles. The molecule has 1 fully saturated rings. The molecule has 0 aliphatic carbocycles. The Hall–Kier alpha value is -2.30. The number of benzene rings is 1. The highest BCUT2D eigenvalue weighted by Crippen LogP contribution is 2.25. The maximum Gasteiger partial charge on any atom is 0.247 e. The predicted molar refractivity (Wildman–Crippen MR) is 88.4 cm³/mol. The van der Waals surface area contributed by atoms with Crippen molar-refractivity contribution in [3.63, 3.8) is 0 Å². The Labute approximate surface area is 136 Å². The van der Waals surface area contributed by atoms with Gasteiger partial charge in [-0.2, -0.15) is 5.10 Å². The van der Waals surface area contributed by atoms with Gasteiger partial charge in [0, 0.05) is 12.4 Å². The Morgan fingerprint density at radius 1 is 1.30 bits per heavy atom. The maximum atomic E-state index is 12.6. The van der Waals surface area contributed by atoms with Gasteiger partial charge < -0.3 is 9.64 Å². The second-order valence-corrected chi connectivity index (χ2v) is 5.85. The van der Waals surface area contributed by atoms with Gasteiger partial charge in [-0.3, -0.25) is 9.48 Å². The van der Waals surface area contributed by atoms with E-state index < -0.39 is 0 Å². The van der Waals surface area contributed by atoms with Crippen LogP contribution in [0.4, 0.5) is 0 Å². The van der Waals surface area contributed by atoms with Gasteiger partial charge in [-0.05, 0) is 30.5 Å². The van der Waals surface area contributed by atoms with E-state index in [0.29, 0.717) is 13.1 Å². The summed E-state index contributed by atoms with van der Waals surface area (Å²) in [4.78, 5) is 14.4. The number of rotatable bonds is 6. The van der Waals surface area contributed by atoms with E-state index in [-0.39, 0.29) is 18.1 Å². The molecule has 23 heavy (non-hydrogen) atoms. The molecule has 2 heterocycles. The van der Waals surface area contributed by atoms with E-state index in [1.165, 1.54) is 5.56 Å². The first-order valence-electron chi connectivity index (χ1n) is 8.25. The summed E-state index contributed by atoms with van der Waals surface area (Å²) < 4.78 is 7.78. The normalized spacial score (nSPS) is 16.0. The third kappa shape index (κ3) is 3.23. The summed E-state index contributed by atoms with van der Waals surface area (Å²) in [6.07, 6.45) is 5.32. The molecule has 0 radical (unpaired) electrons. The van der Waals surface area contributed by atoms with E-state index in [1.807, 2.05) is 42.3 Å². The van der Waals surface area contributed by atoms with Crippen LogP contribution in [-0.4, -0.2) is 39.8 Å². The van der Waals surface area contributed by atoms with Gasteiger partial charge in [-0.15, -0.1) is 0 Å². The topological polar surface area (TPSA) is 47.4 Å². The third-order valence-electron chi connectivity index (χ3n) is 4.32. The van der Waals surface area contributed by atoms with Crippen molar-refractivity contribution in [3.8, 4) is 5.75 Å². The molecule has 1 aliphatic heterocycles. The molecule has 0 saturated carbocycles. The van der Waals surface area contributed by atoms with Crippen LogP contribution in [0.5, 0.6) is 5.75 Å². The third-order valence-corrected chi connectivity index (χ3v) is 4.32. The zero-order valence-electron chi connectivity index (χ0n) is 13.7. The number of likely N-dealkylation sites (tertiary alicyclic amines) is 1. The lowest BCUT2D eigenvalue weighted by Crippen LogP contribution is -2.57. The van der Waals surface area contributed by atoms with Crippen LogP contribution in [-0.2, 0) is 11.2 Å². The number of aromatic nitrogens is 2. The van der Waals surface area contributed by atoms with Gasteiger partial charge in [0.25, 0.3) is 0 Å². The quantitative estimate of drug-likeness (QED) is 0.824. The highest BCUT2D eigenvalue weighted by Gasteiger charge is 2.36. The van der Waals surface area contributed by atoms with Gasteiger partial charge in [-0.25, -0.2) is 0 Å². The van der Waals surface area contributed by atoms with E-state index in [2.05, 4.69) is 18.1 Å². The van der Waals surface area contributed by atoms with E-state index in [9.17, 15) is 4.79 Å². The minimum atomic E-state index is -0.214. The molecular weight excluding hydrogens is 290 g/mol. The van der Waals surface area contributed by atoms with Crippen LogP contribution < -0.4 is 4.74 Å². The summed E-state index contributed by atoms with van der Waals surface area (Å²) in [7, 11) is 0. The van der Waals surface area contributed by atoms with E-state index in [1.54, 1.807) is 10.9 Å². The molecule has 1 aromatic heterocycles. The van der Waals surface area contributed by atoms with Crippen LogP contribution in [0.25, 0.3) is 0 Å². The Bertz CT molecular complexity index is 648. The predicted octanol–water partition coefficient (Wildman–Crippen LogP) is 2.69. The molecule has 0 spiro atoms. The summed E-state index contributed by atoms with van der Waals surface area (Å²) in [6.45, 7) is 5.42. The summed E-state index contributed by atoms with van der Waals surface area (Å²) in [6, 6.07) is 9.73. The van der Waals surface area contributed by atoms with Crippen molar-refractivity contribution in [1.82, 2.24) is 14.7 Å². The van der Waals surface area contributed by atoms with Crippen LogP contribution in [0, 0.1) is 0 Å². The van der Waals surface area contributed by atoms with E-state index in [4.69, 9.17) is 4.74 Å². The van der Waals surface area contributed by atoms with Crippen molar-refractivity contribution >= 4 is 5.91 Å². The zero-order chi connectivity index (χ0) is 16.2. The maximum absolute atomic E-state index is 12.6. The monoisotopic (exact) mass is 313 g/mol. The second-order valence-electron chi connectivity index (χ2n) is 5.85. The van der Waals surface area contributed by atoms with Gasteiger partial charge in [0.1, 0.15) is 17.9 Å². The number of aryl methyl sites for hydroxylation is 1. The number of carbonyl (C=O) groups is 1. The molecule has 0 bridgehead atoms. The first-order valence-corrected chi connectivity index (χ1v) is 8.25. The first-order chi connectivity index (χ1) is 11.2. The summed E-state index contributed by atoms with van der Waals surface area (Å²) in [5.41, 5.74) is 1.21. The smallest absolute Gasteiger partial charge is 0.247 e. The lowest BCUT2D eigenvalue weighted by Gasteiger charge is -2.40. The van der Waals surface area contributed by atoms with Crippen molar-refractivity contribution < 1.29 is 9.53 Å². The number of amides is 1. The molecule has 1 atom stereocenters. The van der Waals surface area contributed by atoms with Crippen LogP contribution in [0.2, 0.25) is 0 Å². The van der Waals surface area contributed by atoms with Gasteiger partial charge in [0.15, 0.2) is 0 Å². The average molecular weight is 313 g/mol. The molecule has 2 aromatic rings. The Balaban J connectivity index is 1.57. The number of carbonyl (C=O) groups excluding carboxylic acids is 1. The Kier molecular flexibility index (Phi) is 4.65. The zero-order valence-corrected chi connectivity index (χ0v) is 13.7. The molecule has 1 amide bonds. The minimum Gasteiger partial charge on any atom is -0.486 e. The van der Waals surface area contributed by atoms with Crippen LogP contribution >= 0.6 is 0 Å². The largest absolute Gasteiger partial charge is 0.486 e. The second kappa shape index (κ2) is 6.86. The van der Waals surface area contributed by atoms with Gasteiger partial charge >= 0.3 is 0 Å². The Morgan fingerprint density at radius 2 is 2.09 bits per heavy atom. The van der Waals surface area contributed by atoms with Crippen molar-refractivity contribution in [2.75, 3.05) is 13.1 Å². The number of hydrogen-bond donors (Lipinski definition) is 0. The molecule has 1 saturated heterocycles. The van der Waals surface area contributed by atoms with Crippen LogP contribution in [0.3, 0.4) is 0 Å². The van der Waals surface area contributed by atoms with Crippen molar-refractivity contribution in [2.24, 2.45) is 0 Å². The summed E-state index contributed by atoms with van der Waals surface area (Å²) in [5.74, 6) is 1.06. The fourth-order valence-corrected chi connectivity index (χ4v) is 2.93. The molecule has 1 aliphatic rings. The molecule has 0 N–H and O–H groups in total. The van der Waals surface area contributed by atoms with E-state index in [0.717, 1.165) is 18.6 Å². The molecule has 5 nitrogen and oxygen atoms in total. The van der Waals surface area contributed by atoms with Crippen molar-refractivity contribution in [3.05, 3.63) is 48.3 Å². The first kappa shape index (κ1) is 15.6. The van der Waals surface area contributed by atoms with E-state index >= 15 is 0 Å². The number of hydrogen-bond acceptors (Lipinski definition) is 3. The van der Waals surface area contributed by atoms with Crippen molar-refractivity contribution in [1.29, 1.82) is 0 Å².